The molecule has 0 unspecified atom stereocenters. The van der Waals surface area contributed by atoms with Gasteiger partial charge in [-0.25, -0.2) is 28.7 Å². The predicted octanol–water partition coefficient (Wildman–Crippen LogP) is 10.4. The van der Waals surface area contributed by atoms with Crippen molar-refractivity contribution in [3.8, 4) is 11.5 Å². The third-order valence-corrected chi connectivity index (χ3v) is 15.8. The van der Waals surface area contributed by atoms with Gasteiger partial charge < -0.3 is 54.2 Å². The molecule has 2 aliphatic heterocycles. The summed E-state index contributed by atoms with van der Waals surface area (Å²) in [6.07, 6.45) is 7.76. The van der Waals surface area contributed by atoms with E-state index < -0.39 is 31.3 Å². The summed E-state index contributed by atoms with van der Waals surface area (Å²) in [6, 6.07) is 15.5. The smallest absolute Gasteiger partial charge is 0.340 e. The molecule has 396 valence electrons. The van der Waals surface area contributed by atoms with Gasteiger partial charge in [-0.1, -0.05) is 29.3 Å². The molecule has 4 aliphatic rings. The molecule has 6 aromatic rings. The molecule has 75 heavy (non-hydrogen) atoms. The molecule has 4 atom stereocenters. The molecule has 23 heteroatoms. The van der Waals surface area contributed by atoms with Gasteiger partial charge in [-0.3, -0.25) is 14.2 Å². The topological polar surface area (TPSA) is 210 Å². The van der Waals surface area contributed by atoms with Gasteiger partial charge in [0, 0.05) is 57.7 Å². The summed E-state index contributed by atoms with van der Waals surface area (Å²) < 4.78 is 74.4. The first-order valence-electron chi connectivity index (χ1n) is 24.3. The Bertz CT molecular complexity index is 3190. The van der Waals surface area contributed by atoms with Gasteiger partial charge >= 0.3 is 7.60 Å². The van der Waals surface area contributed by atoms with Crippen molar-refractivity contribution in [3.05, 3.63) is 107 Å². The molecular formula is C52H56Cl2F2N9O9P. The summed E-state index contributed by atoms with van der Waals surface area (Å²) >= 11 is 11.9. The normalized spacial score (nSPS) is 20.3. The second kappa shape index (κ2) is 23.0. The van der Waals surface area contributed by atoms with E-state index in [1.165, 1.54) is 49.1 Å². The van der Waals surface area contributed by atoms with E-state index >= 15 is 0 Å². The number of hydrogen-bond donors (Lipinski definition) is 4. The Morgan fingerprint density at radius 2 is 1.24 bits per heavy atom. The lowest BCUT2D eigenvalue weighted by molar-refractivity contribution is -0.114. The number of aromatic nitrogens is 4. The molecular weight excluding hydrogens is 1030 g/mol. The largest absolute Gasteiger partial charge is 0.491 e. The maximum atomic E-state index is 13.7. The van der Waals surface area contributed by atoms with E-state index in [0.29, 0.717) is 112 Å². The number of ether oxygens (including phenoxy) is 4. The Balaban J connectivity index is 0.000000184. The van der Waals surface area contributed by atoms with E-state index in [2.05, 4.69) is 41.2 Å². The molecule has 10 rings (SSSR count). The number of rotatable bonds is 21. The molecule has 2 aromatic heterocycles. The van der Waals surface area contributed by atoms with Crippen molar-refractivity contribution in [1.29, 1.82) is 0 Å². The lowest BCUT2D eigenvalue weighted by atomic mass is 10.1. The lowest BCUT2D eigenvalue weighted by Gasteiger charge is -2.19. The van der Waals surface area contributed by atoms with E-state index in [4.69, 9.17) is 51.2 Å². The highest BCUT2D eigenvalue weighted by molar-refractivity contribution is 7.54. The van der Waals surface area contributed by atoms with Gasteiger partial charge in [0.15, 0.2) is 0 Å². The zero-order chi connectivity index (χ0) is 52.9. The zero-order valence-corrected chi connectivity index (χ0v) is 44.0. The molecule has 2 saturated carbocycles. The maximum absolute atomic E-state index is 13.7. The number of likely N-dealkylation sites (N-methyl/N-ethyl adjacent to an activating group) is 1. The van der Waals surface area contributed by atoms with Gasteiger partial charge in [-0.05, 0) is 101 Å². The molecule has 0 radical (unpaired) electrons. The van der Waals surface area contributed by atoms with E-state index in [1.807, 2.05) is 19.0 Å². The first-order valence-corrected chi connectivity index (χ1v) is 26.8. The number of carbonyl (C=O) groups excluding carboxylic acids is 2. The summed E-state index contributed by atoms with van der Waals surface area (Å²) in [5, 5.41) is 13.2. The lowest BCUT2D eigenvalue weighted by Crippen LogP contribution is -2.20. The summed E-state index contributed by atoms with van der Waals surface area (Å²) in [5.41, 5.74) is 3.15. The van der Waals surface area contributed by atoms with Crippen LogP contribution in [0.15, 0.2) is 85.5 Å². The number of anilines is 6. The second-order valence-electron chi connectivity index (χ2n) is 19.1. The van der Waals surface area contributed by atoms with Gasteiger partial charge in [0.2, 0.25) is 11.8 Å². The van der Waals surface area contributed by atoms with Crippen LogP contribution in [0.1, 0.15) is 26.7 Å². The highest BCUT2D eigenvalue weighted by Crippen LogP contribution is 2.58. The molecule has 0 spiro atoms. The van der Waals surface area contributed by atoms with Crippen LogP contribution < -0.4 is 30.7 Å². The van der Waals surface area contributed by atoms with Gasteiger partial charge in [0.25, 0.3) is 0 Å². The fraction of sp³-hybridized carbons (Fsp3) is 0.385. The van der Waals surface area contributed by atoms with Crippen molar-refractivity contribution in [2.45, 2.75) is 26.7 Å². The minimum Gasteiger partial charge on any atom is -0.491 e. The van der Waals surface area contributed by atoms with Crippen molar-refractivity contribution in [2.24, 2.45) is 22.7 Å². The van der Waals surface area contributed by atoms with Crippen molar-refractivity contribution < 1.29 is 50.9 Å². The van der Waals surface area contributed by atoms with Gasteiger partial charge in [0.05, 0.1) is 85.3 Å². The van der Waals surface area contributed by atoms with Crippen LogP contribution in [-0.4, -0.2) is 116 Å². The number of hydrogen-bond acceptors (Lipinski definition) is 16. The van der Waals surface area contributed by atoms with Crippen molar-refractivity contribution in [3.63, 3.8) is 0 Å². The number of nitrogens with one attached hydrogen (secondary N) is 4. The average molecular weight is 1090 g/mol. The third-order valence-electron chi connectivity index (χ3n) is 13.3. The quantitative estimate of drug-likeness (QED) is 0.0390. The van der Waals surface area contributed by atoms with Crippen molar-refractivity contribution in [2.75, 3.05) is 101 Å². The number of fused-ring (bicyclic) bond motifs is 4. The molecule has 18 nitrogen and oxygen atoms in total. The fourth-order valence-electron chi connectivity index (χ4n) is 9.03. The molecule has 2 amide bonds. The molecule has 4 aromatic carbocycles. The maximum Gasteiger partial charge on any atom is 0.340 e. The molecule has 2 saturated heterocycles. The van der Waals surface area contributed by atoms with E-state index in [9.17, 15) is 22.9 Å². The van der Waals surface area contributed by atoms with E-state index in [-0.39, 0.29) is 40.0 Å². The SMILES string of the molecule is CCOP(=O)(CC(=O)Nc1cc2c(Nc3ccc(F)c(Cl)c3)ncnc2cc1OC[C@]12COC[C@H]1C2)OCC.CN(C)C/C=C/C(=O)Nc1cc2c(Nc3ccc(F)c(Cl)c3)ncnc2cc1OC[C@]12COC[C@H]1C2. The van der Waals surface area contributed by atoms with Crippen LogP contribution in [0.2, 0.25) is 10.0 Å². The van der Waals surface area contributed by atoms with Crippen LogP contribution >= 0.6 is 30.8 Å². The second-order valence-corrected chi connectivity index (χ2v) is 22.0. The van der Waals surface area contributed by atoms with Crippen molar-refractivity contribution in [1.82, 2.24) is 24.8 Å². The Labute approximate surface area is 441 Å². The first-order chi connectivity index (χ1) is 36.1. The van der Waals surface area contributed by atoms with Crippen LogP contribution in [0.3, 0.4) is 0 Å². The summed E-state index contributed by atoms with van der Waals surface area (Å²) in [4.78, 5) is 45.1. The summed E-state index contributed by atoms with van der Waals surface area (Å²) in [5.74, 6) is 0.944. The number of carbonyl (C=O) groups is 2. The number of benzene rings is 4. The van der Waals surface area contributed by atoms with E-state index in [0.717, 1.165) is 26.1 Å². The van der Waals surface area contributed by atoms with Gasteiger partial charge in [0.1, 0.15) is 53.6 Å². The van der Waals surface area contributed by atoms with Crippen LogP contribution in [0.4, 0.5) is 43.2 Å². The van der Waals surface area contributed by atoms with Crippen LogP contribution in [0, 0.1) is 34.3 Å². The van der Waals surface area contributed by atoms with Crippen LogP contribution in [0.25, 0.3) is 21.8 Å². The van der Waals surface area contributed by atoms with Crippen LogP contribution in [0.5, 0.6) is 11.5 Å². The van der Waals surface area contributed by atoms with Gasteiger partial charge in [-0.2, -0.15) is 0 Å². The highest BCUT2D eigenvalue weighted by atomic mass is 35.5. The van der Waals surface area contributed by atoms with E-state index in [1.54, 1.807) is 50.3 Å². The number of nitrogens with zero attached hydrogens (tertiary/aromatic N) is 5. The Kier molecular flexibility index (Phi) is 16.5. The molecule has 4 N–H and O–H groups in total. The Morgan fingerprint density at radius 3 is 1.67 bits per heavy atom. The highest BCUT2D eigenvalue weighted by Gasteiger charge is 2.59. The Hall–Kier alpha value is -6.09. The van der Waals surface area contributed by atoms with Crippen molar-refractivity contribution >= 4 is 98.8 Å². The predicted molar refractivity (Wildman–Crippen MR) is 283 cm³/mol. The average Bonchev–Trinajstić information content (AvgIpc) is 4.14. The molecule has 4 heterocycles. The minimum absolute atomic E-state index is 0.000147. The first kappa shape index (κ1) is 53.7. The molecule has 4 fully saturated rings. The molecule has 2 aliphatic carbocycles. The summed E-state index contributed by atoms with van der Waals surface area (Å²) in [6.45, 7) is 8.03. The minimum atomic E-state index is -3.63. The van der Waals surface area contributed by atoms with Crippen LogP contribution in [-0.2, 0) is 32.7 Å². The fourth-order valence-corrected chi connectivity index (χ4v) is 10.9. The monoisotopic (exact) mass is 1090 g/mol. The number of halogens is 4. The standard InChI is InChI=1S/C26H27ClFN5O3.C26H29ClFN4O6P/c1-33(2)7-3-4-24(34)32-22-9-18-21(10-23(22)36-14-26-11-16(26)12-35-13-26)29-15-30-25(18)31-17-5-6-20(28)19(27)8-17;1-3-37-39(34,38-4-2)12-24(33)32-22-8-18-21(9-23(22)36-14-26-10-16(26)11-35-13-26)29-15-30-25(18)31-17-5-6-20(28)19(27)7-17/h3-6,8-10,15-16H,7,11-14H2,1-2H3,(H,32,34)(H,29,30,31);5-9,15-16H,3-4,10-14H2,1-2H3,(H,32,33)(H,29,30,31)/b4-3+;/t2*16-,26+/m11/s1. The van der Waals surface area contributed by atoms with Gasteiger partial charge in [-0.15, -0.1) is 0 Å². The summed E-state index contributed by atoms with van der Waals surface area (Å²) in [7, 11) is 0.230. The number of amides is 2. The Morgan fingerprint density at radius 1 is 0.747 bits per heavy atom. The zero-order valence-electron chi connectivity index (χ0n) is 41.6. The molecule has 0 bridgehead atoms. The third kappa shape index (κ3) is 13.0.